The molecular weight excluding hydrogens is 490 g/mol. The van der Waals surface area contributed by atoms with Crippen LogP contribution in [-0.2, 0) is 16.1 Å². The maximum Gasteiger partial charge on any atom is 0.249 e. The molecule has 4 aromatic rings. The third-order valence-corrected chi connectivity index (χ3v) is 7.37. The minimum atomic E-state index is -0.893. The minimum absolute atomic E-state index is 0.0960. The van der Waals surface area contributed by atoms with Gasteiger partial charge in [0.2, 0.25) is 11.8 Å². The highest BCUT2D eigenvalue weighted by Gasteiger charge is 2.36. The zero-order valence-electron chi connectivity index (χ0n) is 21.0. The number of fused-ring (bicyclic) bond motifs is 2. The number of benzene rings is 2. The van der Waals surface area contributed by atoms with Gasteiger partial charge in [-0.1, -0.05) is 30.3 Å². The lowest BCUT2D eigenvalue weighted by Gasteiger charge is -2.34. The van der Waals surface area contributed by atoms with E-state index in [-0.39, 0.29) is 18.4 Å². The summed E-state index contributed by atoms with van der Waals surface area (Å²) in [5.74, 6) is 0.567. The Balaban J connectivity index is 1.59. The fraction of sp³-hybridized carbons (Fsp3) is 0.333. The quantitative estimate of drug-likeness (QED) is 0.372. The molecule has 0 bridgehead atoms. The van der Waals surface area contributed by atoms with E-state index in [0.717, 1.165) is 16.8 Å². The minimum Gasteiger partial charge on any atom is -0.486 e. The third kappa shape index (κ3) is 5.15. The number of ether oxygens (including phenoxy) is 2. The Bertz CT molecular complexity index is 1420. The van der Waals surface area contributed by atoms with Gasteiger partial charge in [0.05, 0.1) is 5.52 Å². The summed E-state index contributed by atoms with van der Waals surface area (Å²) in [6.07, 6.45) is 0.735. The molecule has 192 valence electrons. The van der Waals surface area contributed by atoms with Crippen LogP contribution >= 0.6 is 11.3 Å². The number of thiophene rings is 1. The zero-order chi connectivity index (χ0) is 26.0. The van der Waals surface area contributed by atoms with Crippen molar-refractivity contribution >= 4 is 39.9 Å². The topological polar surface area (TPSA) is 98.6 Å². The van der Waals surface area contributed by atoms with Crippen LogP contribution in [0.25, 0.3) is 11.0 Å². The summed E-state index contributed by atoms with van der Waals surface area (Å²) >= 11 is 1.43. The number of carbonyl (C=O) groups excluding carboxylic acids is 2. The average molecular weight is 520 g/mol. The summed E-state index contributed by atoms with van der Waals surface area (Å²) in [7, 11) is 0. The summed E-state index contributed by atoms with van der Waals surface area (Å²) in [5.41, 5.74) is 1.51. The molecule has 1 N–H and O–H groups in total. The molecule has 0 aliphatic carbocycles. The van der Waals surface area contributed by atoms with Gasteiger partial charge in [-0.05, 0) is 56.0 Å². The SMILES string of the molecule is CCC(C)(C)NC(=O)[C@H](c1cccs1)N(C(=O)Cn1nnc2ccccc21)c1ccc2c(c1)OCCO2. The number of nitrogens with one attached hydrogen (secondary N) is 1. The molecular formula is C27H29N5O4S. The van der Waals surface area contributed by atoms with E-state index in [1.165, 1.54) is 16.2 Å². The Labute approximate surface area is 219 Å². The van der Waals surface area contributed by atoms with E-state index in [4.69, 9.17) is 9.47 Å². The highest BCUT2D eigenvalue weighted by atomic mass is 32.1. The van der Waals surface area contributed by atoms with Crippen molar-refractivity contribution in [2.45, 2.75) is 45.3 Å². The first kappa shape index (κ1) is 24.8. The van der Waals surface area contributed by atoms with Crippen molar-refractivity contribution in [1.29, 1.82) is 0 Å². The van der Waals surface area contributed by atoms with E-state index in [2.05, 4.69) is 15.6 Å². The van der Waals surface area contributed by atoms with Crippen molar-refractivity contribution in [2.75, 3.05) is 18.1 Å². The standard InChI is InChI=1S/C27H29N5O4S/c1-4-27(2,3)28-26(34)25(23-10-7-15-37-23)32(18-11-12-21-22(16-18)36-14-13-35-21)24(33)17-31-20-9-6-5-8-19(20)29-30-31/h5-12,15-16,25H,4,13-14,17H2,1-3H3,(H,28,34)/t25-/m0/s1. The molecule has 3 heterocycles. The number of hydrogen-bond acceptors (Lipinski definition) is 7. The van der Waals surface area contributed by atoms with Gasteiger partial charge in [0, 0.05) is 22.2 Å². The first-order chi connectivity index (χ1) is 17.9. The number of nitrogens with zero attached hydrogens (tertiary/aromatic N) is 4. The number of para-hydroxylation sites is 1. The molecule has 10 heteroatoms. The van der Waals surface area contributed by atoms with Gasteiger partial charge in [-0.3, -0.25) is 14.5 Å². The van der Waals surface area contributed by atoms with Crippen molar-refractivity contribution < 1.29 is 19.1 Å². The molecule has 0 fully saturated rings. The number of rotatable bonds is 8. The fourth-order valence-corrected chi connectivity index (χ4v) is 4.98. The highest BCUT2D eigenvalue weighted by Crippen LogP contribution is 2.38. The van der Waals surface area contributed by atoms with E-state index in [1.54, 1.807) is 22.9 Å². The van der Waals surface area contributed by atoms with Crippen LogP contribution in [0.1, 0.15) is 38.1 Å². The van der Waals surface area contributed by atoms with Crippen molar-refractivity contribution in [2.24, 2.45) is 0 Å². The van der Waals surface area contributed by atoms with Crippen LogP contribution in [0.4, 0.5) is 5.69 Å². The largest absolute Gasteiger partial charge is 0.486 e. The van der Waals surface area contributed by atoms with Crippen LogP contribution in [0.2, 0.25) is 0 Å². The van der Waals surface area contributed by atoms with Crippen LogP contribution in [-0.4, -0.2) is 45.6 Å². The second kappa shape index (κ2) is 10.2. The lowest BCUT2D eigenvalue weighted by atomic mass is 10.0. The predicted octanol–water partition coefficient (Wildman–Crippen LogP) is 4.34. The normalized spacial score (nSPS) is 13.8. The van der Waals surface area contributed by atoms with Gasteiger partial charge < -0.3 is 14.8 Å². The summed E-state index contributed by atoms with van der Waals surface area (Å²) in [5, 5.41) is 13.4. The first-order valence-electron chi connectivity index (χ1n) is 12.2. The highest BCUT2D eigenvalue weighted by molar-refractivity contribution is 7.10. The summed E-state index contributed by atoms with van der Waals surface area (Å²) < 4.78 is 13.0. The Morgan fingerprint density at radius 3 is 2.65 bits per heavy atom. The van der Waals surface area contributed by atoms with Crippen molar-refractivity contribution in [3.05, 3.63) is 64.9 Å². The summed E-state index contributed by atoms with van der Waals surface area (Å²) in [4.78, 5) is 30.2. The molecule has 9 nitrogen and oxygen atoms in total. The molecule has 2 aromatic carbocycles. The Morgan fingerprint density at radius 2 is 1.89 bits per heavy atom. The molecule has 1 atom stereocenters. The van der Waals surface area contributed by atoms with E-state index in [0.29, 0.717) is 35.9 Å². The van der Waals surface area contributed by atoms with E-state index in [9.17, 15) is 9.59 Å². The summed E-state index contributed by atoms with van der Waals surface area (Å²) in [6, 6.07) is 15.6. The number of hydrogen-bond donors (Lipinski definition) is 1. The molecule has 0 saturated heterocycles. The van der Waals surface area contributed by atoms with E-state index in [1.807, 2.05) is 62.5 Å². The van der Waals surface area contributed by atoms with Gasteiger partial charge in [0.15, 0.2) is 11.5 Å². The number of amides is 2. The van der Waals surface area contributed by atoms with Crippen LogP contribution in [0, 0.1) is 0 Å². The third-order valence-electron chi connectivity index (χ3n) is 6.44. The average Bonchev–Trinajstić information content (AvgIpc) is 3.57. The molecule has 0 radical (unpaired) electrons. The van der Waals surface area contributed by atoms with Crippen LogP contribution < -0.4 is 19.7 Å². The van der Waals surface area contributed by atoms with Gasteiger partial charge in [-0.15, -0.1) is 16.4 Å². The number of anilines is 1. The molecule has 2 aromatic heterocycles. The van der Waals surface area contributed by atoms with Gasteiger partial charge >= 0.3 is 0 Å². The molecule has 2 amide bonds. The second-order valence-electron chi connectivity index (χ2n) is 9.47. The maximum absolute atomic E-state index is 14.1. The Hall–Kier alpha value is -3.92. The van der Waals surface area contributed by atoms with Crippen molar-refractivity contribution in [3.63, 3.8) is 0 Å². The van der Waals surface area contributed by atoms with Gasteiger partial charge in [0.1, 0.15) is 31.3 Å². The molecule has 1 aliphatic rings. The van der Waals surface area contributed by atoms with E-state index < -0.39 is 11.6 Å². The predicted molar refractivity (Wildman–Crippen MR) is 142 cm³/mol. The second-order valence-corrected chi connectivity index (χ2v) is 10.5. The van der Waals surface area contributed by atoms with Crippen molar-refractivity contribution in [1.82, 2.24) is 20.3 Å². The fourth-order valence-electron chi connectivity index (χ4n) is 4.17. The Kier molecular flexibility index (Phi) is 6.84. The molecule has 0 saturated carbocycles. The summed E-state index contributed by atoms with van der Waals surface area (Å²) in [6.45, 7) is 6.72. The lowest BCUT2D eigenvalue weighted by molar-refractivity contribution is -0.128. The first-order valence-corrected chi connectivity index (χ1v) is 13.1. The van der Waals surface area contributed by atoms with Gasteiger partial charge in [0.25, 0.3) is 0 Å². The number of carbonyl (C=O) groups is 2. The van der Waals surface area contributed by atoms with Crippen molar-refractivity contribution in [3.8, 4) is 11.5 Å². The molecule has 0 spiro atoms. The molecule has 0 unspecified atom stereocenters. The molecule has 5 rings (SSSR count). The zero-order valence-corrected chi connectivity index (χ0v) is 21.8. The molecule has 37 heavy (non-hydrogen) atoms. The van der Waals surface area contributed by atoms with Gasteiger partial charge in [-0.2, -0.15) is 0 Å². The smallest absolute Gasteiger partial charge is 0.249 e. The van der Waals surface area contributed by atoms with E-state index >= 15 is 0 Å². The van der Waals surface area contributed by atoms with Gasteiger partial charge in [-0.25, -0.2) is 4.68 Å². The number of aromatic nitrogens is 3. The maximum atomic E-state index is 14.1. The molecule has 1 aliphatic heterocycles. The van der Waals surface area contributed by atoms with Crippen LogP contribution in [0.15, 0.2) is 60.0 Å². The Morgan fingerprint density at radius 1 is 1.11 bits per heavy atom. The van der Waals surface area contributed by atoms with Crippen LogP contribution in [0.5, 0.6) is 11.5 Å². The monoisotopic (exact) mass is 519 g/mol. The van der Waals surface area contributed by atoms with Crippen LogP contribution in [0.3, 0.4) is 0 Å². The lowest BCUT2D eigenvalue weighted by Crippen LogP contribution is -2.50.